The summed E-state index contributed by atoms with van der Waals surface area (Å²) >= 11 is 7.88. The molecule has 0 saturated carbocycles. The lowest BCUT2D eigenvalue weighted by atomic mass is 10.0. The van der Waals surface area contributed by atoms with Crippen molar-refractivity contribution in [2.24, 2.45) is 0 Å². The van der Waals surface area contributed by atoms with E-state index in [4.69, 9.17) is 16.6 Å². The van der Waals surface area contributed by atoms with Crippen molar-refractivity contribution in [1.82, 2.24) is 9.97 Å². The fraction of sp³-hybridized carbons (Fsp3) is 0.107. The maximum absolute atomic E-state index is 13.6. The van der Waals surface area contributed by atoms with Gasteiger partial charge in [0, 0.05) is 12.4 Å². The van der Waals surface area contributed by atoms with Gasteiger partial charge in [-0.2, -0.15) is 0 Å². The molecule has 2 aromatic heterocycles. The third kappa shape index (κ3) is 4.72. The van der Waals surface area contributed by atoms with Crippen molar-refractivity contribution in [2.75, 3.05) is 4.90 Å². The fourth-order valence-corrected chi connectivity index (χ4v) is 5.19. The minimum absolute atomic E-state index is 0.0239. The van der Waals surface area contributed by atoms with Crippen molar-refractivity contribution in [3.8, 4) is 11.1 Å². The molecule has 0 bridgehead atoms. The van der Waals surface area contributed by atoms with Crippen LogP contribution in [0.25, 0.3) is 21.3 Å². The monoisotopic (exact) mass is 483 g/mol. The van der Waals surface area contributed by atoms with Crippen LogP contribution in [0.4, 0.5) is 5.13 Å². The van der Waals surface area contributed by atoms with Gasteiger partial charge in [0.2, 0.25) is 5.91 Å². The highest BCUT2D eigenvalue weighted by molar-refractivity contribution is 7.23. The van der Waals surface area contributed by atoms with E-state index in [1.807, 2.05) is 61.5 Å². The van der Waals surface area contributed by atoms with Crippen molar-refractivity contribution in [3.05, 3.63) is 113 Å². The fourth-order valence-electron chi connectivity index (χ4n) is 3.86. The molecule has 1 amide bonds. The van der Waals surface area contributed by atoms with E-state index >= 15 is 0 Å². The largest absolute Gasteiger partial charge is 0.283 e. The van der Waals surface area contributed by atoms with Gasteiger partial charge >= 0.3 is 0 Å². The third-order valence-corrected chi connectivity index (χ3v) is 7.24. The van der Waals surface area contributed by atoms with E-state index in [1.54, 1.807) is 17.3 Å². The summed E-state index contributed by atoms with van der Waals surface area (Å²) < 4.78 is 0.896. The van der Waals surface area contributed by atoms with Gasteiger partial charge < -0.3 is 0 Å². The number of hydrogen-bond donors (Lipinski definition) is 0. The Bertz CT molecular complexity index is 1390. The third-order valence-electron chi connectivity index (χ3n) is 5.70. The van der Waals surface area contributed by atoms with Gasteiger partial charge in [-0.1, -0.05) is 89.7 Å². The molecule has 0 spiro atoms. The summed E-state index contributed by atoms with van der Waals surface area (Å²) in [4.78, 5) is 24.3. The smallest absolute Gasteiger partial charge is 0.233 e. The number of amides is 1. The highest BCUT2D eigenvalue weighted by atomic mass is 35.5. The summed E-state index contributed by atoms with van der Waals surface area (Å²) in [5.41, 5.74) is 6.05. The van der Waals surface area contributed by atoms with E-state index in [0.29, 0.717) is 16.7 Å². The minimum atomic E-state index is -0.0239. The molecule has 168 valence electrons. The second kappa shape index (κ2) is 9.75. The SMILES string of the molecule is Cc1ccc(Cl)c2sc(N(Cc3cccnc3)C(=O)Cc3ccc(-c4ccccc4)cc3)nc12. The van der Waals surface area contributed by atoms with Crippen molar-refractivity contribution in [1.29, 1.82) is 0 Å². The molecule has 0 fully saturated rings. The van der Waals surface area contributed by atoms with Crippen LogP contribution in [0.1, 0.15) is 16.7 Å². The number of pyridine rings is 1. The molecule has 2 heterocycles. The summed E-state index contributed by atoms with van der Waals surface area (Å²) in [6.07, 6.45) is 3.78. The zero-order valence-electron chi connectivity index (χ0n) is 18.6. The Morgan fingerprint density at radius 3 is 2.38 bits per heavy atom. The van der Waals surface area contributed by atoms with Crippen LogP contribution < -0.4 is 4.90 Å². The molecule has 0 atom stereocenters. The van der Waals surface area contributed by atoms with Crippen LogP contribution in [0.5, 0.6) is 0 Å². The Hall–Kier alpha value is -3.54. The molecule has 34 heavy (non-hydrogen) atoms. The minimum Gasteiger partial charge on any atom is -0.283 e. The summed E-state index contributed by atoms with van der Waals surface area (Å²) in [5, 5.41) is 1.29. The zero-order valence-corrected chi connectivity index (χ0v) is 20.2. The summed E-state index contributed by atoms with van der Waals surface area (Å²) in [6, 6.07) is 26.0. The van der Waals surface area contributed by atoms with Crippen molar-refractivity contribution in [2.45, 2.75) is 19.9 Å². The topological polar surface area (TPSA) is 46.1 Å². The van der Waals surface area contributed by atoms with Crippen molar-refractivity contribution in [3.63, 3.8) is 0 Å². The van der Waals surface area contributed by atoms with Crippen LogP contribution in [0.3, 0.4) is 0 Å². The number of fused-ring (bicyclic) bond motifs is 1. The van der Waals surface area contributed by atoms with Gasteiger partial charge in [0.15, 0.2) is 5.13 Å². The Morgan fingerprint density at radius 2 is 1.68 bits per heavy atom. The van der Waals surface area contributed by atoms with Gasteiger partial charge in [0.1, 0.15) is 0 Å². The second-order valence-electron chi connectivity index (χ2n) is 8.12. The Labute approximate surface area is 207 Å². The first-order chi connectivity index (χ1) is 16.6. The predicted molar refractivity (Wildman–Crippen MR) is 140 cm³/mol. The number of anilines is 1. The van der Waals surface area contributed by atoms with Crippen LogP contribution in [0.15, 0.2) is 91.3 Å². The van der Waals surface area contributed by atoms with Crippen LogP contribution in [0, 0.1) is 6.92 Å². The molecule has 0 aliphatic heterocycles. The Balaban J connectivity index is 1.45. The first kappa shape index (κ1) is 22.3. The normalized spacial score (nSPS) is 11.0. The number of aryl methyl sites for hydroxylation is 1. The molecule has 5 aromatic rings. The lowest BCUT2D eigenvalue weighted by Crippen LogP contribution is -2.31. The van der Waals surface area contributed by atoms with Crippen LogP contribution in [0.2, 0.25) is 5.02 Å². The van der Waals surface area contributed by atoms with Crippen molar-refractivity contribution >= 4 is 44.2 Å². The average molecular weight is 484 g/mol. The van der Waals surface area contributed by atoms with E-state index in [2.05, 4.69) is 29.2 Å². The molecule has 4 nitrogen and oxygen atoms in total. The summed E-state index contributed by atoms with van der Waals surface area (Å²) in [6.45, 7) is 2.40. The number of hydrogen-bond acceptors (Lipinski definition) is 4. The maximum Gasteiger partial charge on any atom is 0.233 e. The molecule has 3 aromatic carbocycles. The van der Waals surface area contributed by atoms with E-state index in [9.17, 15) is 4.79 Å². The highest BCUT2D eigenvalue weighted by Gasteiger charge is 2.22. The van der Waals surface area contributed by atoms with E-state index in [1.165, 1.54) is 11.3 Å². The summed E-state index contributed by atoms with van der Waals surface area (Å²) in [7, 11) is 0. The number of thiazole rings is 1. The Kier molecular flexibility index (Phi) is 6.39. The molecule has 0 radical (unpaired) electrons. The Morgan fingerprint density at radius 1 is 0.912 bits per heavy atom. The molecule has 0 N–H and O–H groups in total. The molecular weight excluding hydrogens is 462 g/mol. The van der Waals surface area contributed by atoms with Crippen LogP contribution in [-0.2, 0) is 17.8 Å². The average Bonchev–Trinajstić information content (AvgIpc) is 3.33. The lowest BCUT2D eigenvalue weighted by molar-refractivity contribution is -0.118. The number of nitrogens with zero attached hydrogens (tertiary/aromatic N) is 3. The first-order valence-corrected chi connectivity index (χ1v) is 12.2. The van der Waals surface area contributed by atoms with E-state index in [0.717, 1.165) is 38.0 Å². The molecule has 5 rings (SSSR count). The van der Waals surface area contributed by atoms with Crippen LogP contribution in [-0.4, -0.2) is 15.9 Å². The molecular formula is C28H22ClN3OS. The lowest BCUT2D eigenvalue weighted by Gasteiger charge is -2.20. The molecule has 0 unspecified atom stereocenters. The van der Waals surface area contributed by atoms with Gasteiger partial charge in [-0.15, -0.1) is 0 Å². The summed E-state index contributed by atoms with van der Waals surface area (Å²) in [5.74, 6) is -0.0239. The van der Waals surface area contributed by atoms with E-state index < -0.39 is 0 Å². The number of carbonyl (C=O) groups is 1. The first-order valence-electron chi connectivity index (χ1n) is 11.0. The number of carbonyl (C=O) groups excluding carboxylic acids is 1. The zero-order chi connectivity index (χ0) is 23.5. The van der Waals surface area contributed by atoms with Gasteiger partial charge in [-0.25, -0.2) is 4.98 Å². The molecule has 0 saturated heterocycles. The van der Waals surface area contributed by atoms with Gasteiger partial charge in [0.25, 0.3) is 0 Å². The quantitative estimate of drug-likeness (QED) is 0.259. The number of benzene rings is 3. The van der Waals surface area contributed by atoms with Gasteiger partial charge in [-0.05, 0) is 46.9 Å². The molecule has 6 heteroatoms. The maximum atomic E-state index is 13.6. The highest BCUT2D eigenvalue weighted by Crippen LogP contribution is 2.36. The van der Waals surface area contributed by atoms with Gasteiger partial charge in [0.05, 0.1) is 28.2 Å². The molecule has 0 aliphatic rings. The number of rotatable bonds is 6. The van der Waals surface area contributed by atoms with Gasteiger partial charge in [-0.3, -0.25) is 14.7 Å². The number of aromatic nitrogens is 2. The number of halogens is 1. The standard InChI is InChI=1S/C28H22ClN3OS/c1-19-9-14-24(29)27-26(19)31-28(34-27)32(18-21-6-5-15-30-17-21)25(33)16-20-10-12-23(13-11-20)22-7-3-2-4-8-22/h2-15,17H,16,18H2,1H3. The second-order valence-corrected chi connectivity index (χ2v) is 9.50. The van der Waals surface area contributed by atoms with Crippen LogP contribution >= 0.6 is 22.9 Å². The molecule has 0 aliphatic carbocycles. The van der Waals surface area contributed by atoms with E-state index in [-0.39, 0.29) is 12.3 Å². The predicted octanol–water partition coefficient (Wildman–Crippen LogP) is 7.10. The van der Waals surface area contributed by atoms with Crippen molar-refractivity contribution < 1.29 is 4.79 Å².